The molecule has 1 aromatic carbocycles. The van der Waals surface area contributed by atoms with Crippen LogP contribution in [0.25, 0.3) is 0 Å². The average molecular weight is 351 g/mol. The highest BCUT2D eigenvalue weighted by molar-refractivity contribution is 5.86. The summed E-state index contributed by atoms with van der Waals surface area (Å²) in [6, 6.07) is 4.50. The minimum Gasteiger partial charge on any atom is -0.497 e. The van der Waals surface area contributed by atoms with Crippen molar-refractivity contribution in [3.8, 4) is 5.75 Å². The first kappa shape index (κ1) is 18.1. The number of carbonyl (C=O) groups is 1. The number of ether oxygens (including phenoxy) is 1. The van der Waals surface area contributed by atoms with Crippen molar-refractivity contribution in [2.24, 2.45) is 0 Å². The topological polar surface area (TPSA) is 65.0 Å². The highest BCUT2D eigenvalue weighted by atomic mass is 19.1. The van der Waals surface area contributed by atoms with Crippen LogP contribution in [0.5, 0.6) is 5.75 Å². The summed E-state index contributed by atoms with van der Waals surface area (Å²) in [4.78, 5) is 16.5. The maximum Gasteiger partial charge on any atom is 0.256 e. The molecule has 0 aliphatic carbocycles. The van der Waals surface area contributed by atoms with E-state index in [1.165, 1.54) is 13.2 Å². The Hall–Kier alpha value is -1.70. The Morgan fingerprint density at radius 1 is 1.32 bits per heavy atom. The number of β-amino-alcohol motifs (C(OH)–C–C–N with tert-alkyl or cyclic N) is 1. The van der Waals surface area contributed by atoms with E-state index >= 15 is 0 Å². The Morgan fingerprint density at radius 3 is 2.80 bits per heavy atom. The number of halogens is 1. The lowest BCUT2D eigenvalue weighted by atomic mass is 9.90. The number of methoxy groups -OCH3 is 1. The molecule has 2 saturated heterocycles. The van der Waals surface area contributed by atoms with Crippen molar-refractivity contribution in [2.75, 3.05) is 46.4 Å². The maximum absolute atomic E-state index is 14.1. The number of aliphatic hydroxyl groups is 1. The van der Waals surface area contributed by atoms with Crippen LogP contribution in [-0.2, 0) is 11.3 Å². The van der Waals surface area contributed by atoms with E-state index in [1.807, 2.05) is 0 Å². The number of carbonyl (C=O) groups excluding carboxylic acids is 1. The van der Waals surface area contributed by atoms with Gasteiger partial charge < -0.3 is 20.1 Å². The number of rotatable bonds is 5. The fourth-order valence-corrected chi connectivity index (χ4v) is 3.61. The monoisotopic (exact) mass is 351 g/mol. The summed E-state index contributed by atoms with van der Waals surface area (Å²) in [5, 5.41) is 14.2. The van der Waals surface area contributed by atoms with E-state index in [4.69, 9.17) is 4.74 Å². The lowest BCUT2D eigenvalue weighted by Crippen LogP contribution is -2.60. The molecule has 2 aliphatic rings. The Labute approximate surface area is 147 Å². The maximum atomic E-state index is 14.1. The van der Waals surface area contributed by atoms with Crippen LogP contribution in [-0.4, -0.2) is 72.8 Å². The highest BCUT2D eigenvalue weighted by Crippen LogP contribution is 2.27. The zero-order valence-corrected chi connectivity index (χ0v) is 14.6. The van der Waals surface area contributed by atoms with Crippen molar-refractivity contribution in [3.63, 3.8) is 0 Å². The van der Waals surface area contributed by atoms with Gasteiger partial charge in [0.1, 0.15) is 11.6 Å². The summed E-state index contributed by atoms with van der Waals surface area (Å²) in [6.07, 6.45) is 1.16. The molecular formula is C18H26FN3O3. The summed E-state index contributed by atoms with van der Waals surface area (Å²) >= 11 is 0. The first-order chi connectivity index (χ1) is 12.0. The Balaban J connectivity index is 1.71. The molecule has 0 aromatic heterocycles. The molecule has 0 bridgehead atoms. The molecule has 0 radical (unpaired) electrons. The van der Waals surface area contributed by atoms with Gasteiger partial charge in [-0.15, -0.1) is 0 Å². The van der Waals surface area contributed by atoms with E-state index < -0.39 is 5.60 Å². The largest absolute Gasteiger partial charge is 0.497 e. The Bertz CT molecular complexity index is 622. The van der Waals surface area contributed by atoms with Gasteiger partial charge in [0.2, 0.25) is 0 Å². The smallest absolute Gasteiger partial charge is 0.256 e. The van der Waals surface area contributed by atoms with Crippen LogP contribution in [0.3, 0.4) is 0 Å². The van der Waals surface area contributed by atoms with E-state index in [0.717, 1.165) is 26.2 Å². The number of hydrogen-bond acceptors (Lipinski definition) is 5. The van der Waals surface area contributed by atoms with Crippen molar-refractivity contribution in [1.82, 2.24) is 15.1 Å². The minimum atomic E-state index is -1.38. The number of benzene rings is 1. The normalized spacial score (nSPS) is 25.2. The minimum absolute atomic E-state index is 0.145. The molecule has 1 aromatic rings. The SMILES string of the molecule is COc1ccc(F)c(CN2CCC[C@@](O)(CN3CCNCC3)C2=O)c1. The Kier molecular flexibility index (Phi) is 5.56. The first-order valence-corrected chi connectivity index (χ1v) is 8.79. The molecule has 25 heavy (non-hydrogen) atoms. The third kappa shape index (κ3) is 4.11. The molecule has 0 unspecified atom stereocenters. The van der Waals surface area contributed by atoms with Crippen LogP contribution in [0, 0.1) is 5.82 Å². The fraction of sp³-hybridized carbons (Fsp3) is 0.611. The van der Waals surface area contributed by atoms with Crippen molar-refractivity contribution in [1.29, 1.82) is 0 Å². The third-order valence-electron chi connectivity index (χ3n) is 5.01. The number of nitrogens with zero attached hydrogens (tertiary/aromatic N) is 2. The molecule has 2 aliphatic heterocycles. The van der Waals surface area contributed by atoms with Crippen molar-refractivity contribution in [3.05, 3.63) is 29.6 Å². The lowest BCUT2D eigenvalue weighted by molar-refractivity contribution is -0.160. The van der Waals surface area contributed by atoms with Gasteiger partial charge in [0.15, 0.2) is 5.60 Å². The molecule has 7 heteroatoms. The predicted molar refractivity (Wildman–Crippen MR) is 91.9 cm³/mol. The number of nitrogens with one attached hydrogen (secondary N) is 1. The quantitative estimate of drug-likeness (QED) is 0.813. The molecule has 0 spiro atoms. The number of piperazine rings is 1. The second kappa shape index (κ2) is 7.68. The van der Waals surface area contributed by atoms with Crippen LogP contribution in [0.1, 0.15) is 18.4 Å². The summed E-state index contributed by atoms with van der Waals surface area (Å²) in [6.45, 7) is 4.38. The van der Waals surface area contributed by atoms with E-state index in [-0.39, 0.29) is 18.3 Å². The average Bonchev–Trinajstić information content (AvgIpc) is 2.62. The fourth-order valence-electron chi connectivity index (χ4n) is 3.61. The number of amides is 1. The van der Waals surface area contributed by atoms with Crippen molar-refractivity contribution >= 4 is 5.91 Å². The molecule has 6 nitrogen and oxygen atoms in total. The van der Waals surface area contributed by atoms with E-state index in [0.29, 0.717) is 37.2 Å². The van der Waals surface area contributed by atoms with Gasteiger partial charge in [-0.25, -0.2) is 4.39 Å². The van der Waals surface area contributed by atoms with Gasteiger partial charge in [0, 0.05) is 51.4 Å². The summed E-state index contributed by atoms with van der Waals surface area (Å²) in [7, 11) is 1.52. The zero-order chi connectivity index (χ0) is 17.9. The summed E-state index contributed by atoms with van der Waals surface area (Å²) < 4.78 is 19.2. The Morgan fingerprint density at radius 2 is 2.08 bits per heavy atom. The molecule has 2 N–H and O–H groups in total. The molecule has 0 saturated carbocycles. The second-order valence-corrected chi connectivity index (χ2v) is 6.85. The van der Waals surface area contributed by atoms with Crippen molar-refractivity contribution in [2.45, 2.75) is 25.0 Å². The van der Waals surface area contributed by atoms with Gasteiger partial charge in [-0.3, -0.25) is 9.69 Å². The molecule has 3 rings (SSSR count). The lowest BCUT2D eigenvalue weighted by Gasteiger charge is -2.41. The van der Waals surface area contributed by atoms with E-state index in [2.05, 4.69) is 10.2 Å². The zero-order valence-electron chi connectivity index (χ0n) is 14.6. The first-order valence-electron chi connectivity index (χ1n) is 8.79. The van der Waals surface area contributed by atoms with Gasteiger partial charge in [-0.05, 0) is 31.0 Å². The molecular weight excluding hydrogens is 325 g/mol. The van der Waals surface area contributed by atoms with Gasteiger partial charge in [0.05, 0.1) is 7.11 Å². The molecule has 2 heterocycles. The molecule has 1 atom stereocenters. The number of hydrogen-bond donors (Lipinski definition) is 2. The second-order valence-electron chi connectivity index (χ2n) is 6.85. The number of likely N-dealkylation sites (tertiary alicyclic amines) is 1. The highest BCUT2D eigenvalue weighted by Gasteiger charge is 2.43. The predicted octanol–water partition coefficient (Wildman–Crippen LogP) is 0.593. The van der Waals surface area contributed by atoms with E-state index in [9.17, 15) is 14.3 Å². The van der Waals surface area contributed by atoms with Gasteiger partial charge in [-0.1, -0.05) is 0 Å². The van der Waals surface area contributed by atoms with Crippen LogP contribution in [0.15, 0.2) is 18.2 Å². The van der Waals surface area contributed by atoms with Crippen LogP contribution in [0.4, 0.5) is 4.39 Å². The van der Waals surface area contributed by atoms with Crippen molar-refractivity contribution < 1.29 is 19.0 Å². The summed E-state index contributed by atoms with van der Waals surface area (Å²) in [5.41, 5.74) is -0.982. The van der Waals surface area contributed by atoms with Gasteiger partial charge >= 0.3 is 0 Å². The standard InChI is InChI=1S/C18H26FN3O3/c1-25-15-3-4-16(19)14(11-15)12-22-8-2-5-18(24,17(22)23)13-21-9-6-20-7-10-21/h3-4,11,20,24H,2,5-10,12-13H2,1H3/t18-/m1/s1. The van der Waals surface area contributed by atoms with E-state index in [1.54, 1.807) is 17.0 Å². The summed E-state index contributed by atoms with van der Waals surface area (Å²) in [5.74, 6) is -0.124. The van der Waals surface area contributed by atoms with Gasteiger partial charge in [-0.2, -0.15) is 0 Å². The number of piperidine rings is 1. The van der Waals surface area contributed by atoms with Crippen LogP contribution >= 0.6 is 0 Å². The third-order valence-corrected chi connectivity index (χ3v) is 5.01. The molecule has 2 fully saturated rings. The van der Waals surface area contributed by atoms with Crippen LogP contribution < -0.4 is 10.1 Å². The molecule has 1 amide bonds. The molecule has 138 valence electrons. The van der Waals surface area contributed by atoms with Crippen LogP contribution in [0.2, 0.25) is 0 Å². The van der Waals surface area contributed by atoms with Gasteiger partial charge in [0.25, 0.3) is 5.91 Å².